The predicted molar refractivity (Wildman–Crippen MR) is 88.3 cm³/mol. The van der Waals surface area contributed by atoms with E-state index in [1.165, 1.54) is 0 Å². The molecule has 1 amide bonds. The van der Waals surface area contributed by atoms with Gasteiger partial charge in [-0.25, -0.2) is 9.97 Å². The number of anilines is 2. The maximum absolute atomic E-state index is 12.1. The van der Waals surface area contributed by atoms with Crippen molar-refractivity contribution in [3.8, 4) is 0 Å². The van der Waals surface area contributed by atoms with Gasteiger partial charge in [0, 0.05) is 12.2 Å². The van der Waals surface area contributed by atoms with Crippen LogP contribution in [0.15, 0.2) is 42.0 Å². The molecule has 0 aliphatic carbocycles. The number of rotatable bonds is 4. The van der Waals surface area contributed by atoms with Crippen LogP contribution < -0.4 is 10.6 Å². The normalized spacial score (nSPS) is 16.5. The number of hydrogen-bond acceptors (Lipinski definition) is 5. The van der Waals surface area contributed by atoms with E-state index >= 15 is 0 Å². The number of aromatic nitrogens is 2. The fourth-order valence-corrected chi connectivity index (χ4v) is 3.62. The standard InChI is InChI=1S/C16H14N4OS/c21-16-11(10-3-1-2-4-12(10)20-16)5-7-17-15-14-13(6-8-22-14)18-9-19-15/h1-4,6,8-9,11H,5,7H2,(H,20,21)(H,17,18,19). The maximum Gasteiger partial charge on any atom is 0.232 e. The first kappa shape index (κ1) is 13.2. The molecule has 1 aromatic carbocycles. The van der Waals surface area contributed by atoms with Crippen LogP contribution >= 0.6 is 11.3 Å². The highest BCUT2D eigenvalue weighted by atomic mass is 32.1. The van der Waals surface area contributed by atoms with E-state index in [0.717, 1.165) is 33.7 Å². The van der Waals surface area contributed by atoms with E-state index < -0.39 is 0 Å². The van der Waals surface area contributed by atoms with Crippen LogP contribution in [0.3, 0.4) is 0 Å². The monoisotopic (exact) mass is 310 g/mol. The minimum absolute atomic E-state index is 0.0759. The van der Waals surface area contributed by atoms with Gasteiger partial charge in [0.15, 0.2) is 0 Å². The molecule has 22 heavy (non-hydrogen) atoms. The van der Waals surface area contributed by atoms with Gasteiger partial charge >= 0.3 is 0 Å². The summed E-state index contributed by atoms with van der Waals surface area (Å²) < 4.78 is 1.05. The van der Waals surface area contributed by atoms with Crippen molar-refractivity contribution in [1.29, 1.82) is 0 Å². The second-order valence-corrected chi connectivity index (χ2v) is 6.12. The molecule has 2 aromatic heterocycles. The van der Waals surface area contributed by atoms with Crippen molar-refractivity contribution in [3.63, 3.8) is 0 Å². The van der Waals surface area contributed by atoms with Gasteiger partial charge < -0.3 is 10.6 Å². The highest BCUT2D eigenvalue weighted by Gasteiger charge is 2.29. The van der Waals surface area contributed by atoms with Crippen LogP contribution in [-0.4, -0.2) is 22.4 Å². The van der Waals surface area contributed by atoms with Crippen molar-refractivity contribution in [2.75, 3.05) is 17.2 Å². The van der Waals surface area contributed by atoms with Crippen molar-refractivity contribution in [2.24, 2.45) is 0 Å². The number of benzene rings is 1. The summed E-state index contributed by atoms with van der Waals surface area (Å²) in [6, 6.07) is 9.85. The third kappa shape index (κ3) is 2.21. The zero-order valence-electron chi connectivity index (χ0n) is 11.7. The Labute approximate surface area is 131 Å². The molecule has 1 unspecified atom stereocenters. The molecule has 3 aromatic rings. The van der Waals surface area contributed by atoms with Gasteiger partial charge in [0.2, 0.25) is 5.91 Å². The van der Waals surface area contributed by atoms with Gasteiger partial charge in [-0.2, -0.15) is 0 Å². The minimum atomic E-state index is -0.0932. The van der Waals surface area contributed by atoms with Crippen LogP contribution in [0.2, 0.25) is 0 Å². The summed E-state index contributed by atoms with van der Waals surface area (Å²) in [6.45, 7) is 0.691. The SMILES string of the molecule is O=C1Nc2ccccc2C1CCNc1ncnc2ccsc12. The van der Waals surface area contributed by atoms with E-state index in [1.54, 1.807) is 17.7 Å². The molecule has 2 N–H and O–H groups in total. The predicted octanol–water partition coefficient (Wildman–Crippen LogP) is 3.23. The van der Waals surface area contributed by atoms with E-state index in [0.29, 0.717) is 6.54 Å². The molecule has 0 saturated carbocycles. The van der Waals surface area contributed by atoms with Crippen molar-refractivity contribution in [3.05, 3.63) is 47.6 Å². The molecule has 5 nitrogen and oxygen atoms in total. The highest BCUT2D eigenvalue weighted by Crippen LogP contribution is 2.34. The summed E-state index contributed by atoms with van der Waals surface area (Å²) in [5, 5.41) is 8.27. The van der Waals surface area contributed by atoms with Crippen LogP contribution in [-0.2, 0) is 4.79 Å². The molecule has 6 heteroatoms. The van der Waals surface area contributed by atoms with Crippen LogP contribution in [0.4, 0.5) is 11.5 Å². The molecular formula is C16H14N4OS. The number of nitrogens with zero attached hydrogens (tertiary/aromatic N) is 2. The Morgan fingerprint density at radius 1 is 1.23 bits per heavy atom. The van der Waals surface area contributed by atoms with Crippen LogP contribution in [0.5, 0.6) is 0 Å². The first-order valence-corrected chi connectivity index (χ1v) is 8.03. The minimum Gasteiger partial charge on any atom is -0.369 e. The van der Waals surface area contributed by atoms with Crippen molar-refractivity contribution >= 4 is 39.0 Å². The number of para-hydroxylation sites is 1. The molecule has 0 bridgehead atoms. The van der Waals surface area contributed by atoms with E-state index in [4.69, 9.17) is 0 Å². The average molecular weight is 310 g/mol. The quantitative estimate of drug-likeness (QED) is 0.776. The third-order valence-corrected chi connectivity index (χ3v) is 4.79. The average Bonchev–Trinajstić information content (AvgIpc) is 3.12. The molecule has 4 rings (SSSR count). The molecule has 1 aliphatic heterocycles. The third-order valence-electron chi connectivity index (χ3n) is 3.88. The zero-order chi connectivity index (χ0) is 14.9. The maximum atomic E-state index is 12.1. The zero-order valence-corrected chi connectivity index (χ0v) is 12.6. The van der Waals surface area contributed by atoms with Gasteiger partial charge in [-0.3, -0.25) is 4.79 Å². The molecule has 3 heterocycles. The lowest BCUT2D eigenvalue weighted by Gasteiger charge is -2.10. The van der Waals surface area contributed by atoms with Crippen LogP contribution in [0, 0.1) is 0 Å². The lowest BCUT2D eigenvalue weighted by molar-refractivity contribution is -0.117. The van der Waals surface area contributed by atoms with E-state index in [9.17, 15) is 4.79 Å². The summed E-state index contributed by atoms with van der Waals surface area (Å²) in [5.74, 6) is 0.822. The van der Waals surface area contributed by atoms with E-state index in [2.05, 4.69) is 20.6 Å². The Bertz CT molecular complexity index is 845. The number of thiophene rings is 1. The Morgan fingerprint density at radius 3 is 3.09 bits per heavy atom. The van der Waals surface area contributed by atoms with Crippen molar-refractivity contribution in [1.82, 2.24) is 9.97 Å². The summed E-state index contributed by atoms with van der Waals surface area (Å²) in [6.07, 6.45) is 2.30. The number of carbonyl (C=O) groups is 1. The number of carbonyl (C=O) groups excluding carboxylic acids is 1. The van der Waals surface area contributed by atoms with Gasteiger partial charge in [0.1, 0.15) is 12.1 Å². The molecule has 110 valence electrons. The second kappa shape index (κ2) is 5.38. The van der Waals surface area contributed by atoms with Gasteiger partial charge in [0.25, 0.3) is 0 Å². The molecule has 0 radical (unpaired) electrons. The topological polar surface area (TPSA) is 66.9 Å². The summed E-state index contributed by atoms with van der Waals surface area (Å²) in [7, 11) is 0. The number of nitrogens with one attached hydrogen (secondary N) is 2. The largest absolute Gasteiger partial charge is 0.369 e. The number of fused-ring (bicyclic) bond motifs is 2. The Kier molecular flexibility index (Phi) is 3.23. The number of amides is 1. The second-order valence-electron chi connectivity index (χ2n) is 5.20. The lowest BCUT2D eigenvalue weighted by Crippen LogP contribution is -2.16. The summed E-state index contributed by atoms with van der Waals surface area (Å²) >= 11 is 1.62. The van der Waals surface area contributed by atoms with Crippen LogP contribution in [0.25, 0.3) is 10.2 Å². The smallest absolute Gasteiger partial charge is 0.232 e. The van der Waals surface area contributed by atoms with Crippen molar-refractivity contribution in [2.45, 2.75) is 12.3 Å². The molecule has 0 spiro atoms. The van der Waals surface area contributed by atoms with Gasteiger partial charge in [0.05, 0.1) is 16.1 Å². The summed E-state index contributed by atoms with van der Waals surface area (Å²) in [5.41, 5.74) is 2.96. The van der Waals surface area contributed by atoms with E-state index in [-0.39, 0.29) is 11.8 Å². The fourth-order valence-electron chi connectivity index (χ4n) is 2.81. The van der Waals surface area contributed by atoms with Crippen molar-refractivity contribution < 1.29 is 4.79 Å². The first-order valence-electron chi connectivity index (χ1n) is 7.15. The van der Waals surface area contributed by atoms with Gasteiger partial charge in [-0.1, -0.05) is 18.2 Å². The Morgan fingerprint density at radius 2 is 2.14 bits per heavy atom. The molecular weight excluding hydrogens is 296 g/mol. The Hall–Kier alpha value is -2.47. The fraction of sp³-hybridized carbons (Fsp3) is 0.188. The molecule has 1 aliphatic rings. The van der Waals surface area contributed by atoms with E-state index in [1.807, 2.05) is 35.7 Å². The van der Waals surface area contributed by atoms with Gasteiger partial charge in [-0.15, -0.1) is 11.3 Å². The molecule has 1 atom stereocenters. The Balaban J connectivity index is 1.48. The first-order chi connectivity index (χ1) is 10.8. The highest BCUT2D eigenvalue weighted by molar-refractivity contribution is 7.17. The van der Waals surface area contributed by atoms with Gasteiger partial charge in [-0.05, 0) is 29.5 Å². The summed E-state index contributed by atoms with van der Waals surface area (Å²) in [4.78, 5) is 20.6. The van der Waals surface area contributed by atoms with Crippen LogP contribution in [0.1, 0.15) is 17.9 Å². The molecule has 0 fully saturated rings. The lowest BCUT2D eigenvalue weighted by atomic mass is 9.97. The number of hydrogen-bond donors (Lipinski definition) is 2. The molecule has 0 saturated heterocycles.